The number of nitriles is 1. The fraction of sp³-hybridized carbons (Fsp3) is 0.0714. The van der Waals surface area contributed by atoms with Crippen molar-refractivity contribution < 1.29 is 0 Å². The van der Waals surface area contributed by atoms with Crippen molar-refractivity contribution in [1.82, 2.24) is 0 Å². The van der Waals surface area contributed by atoms with Crippen molar-refractivity contribution in [2.45, 2.75) is 6.92 Å². The quantitative estimate of drug-likeness (QED) is 0.800. The van der Waals surface area contributed by atoms with E-state index in [2.05, 4.69) is 43.2 Å². The first kappa shape index (κ1) is 13.1. The SMILES string of the molecule is Cc1cc(Br)cc(Nc2ccc(Br)cc2C#N)c1. The van der Waals surface area contributed by atoms with E-state index in [1.165, 1.54) is 0 Å². The van der Waals surface area contributed by atoms with Crippen molar-refractivity contribution in [3.63, 3.8) is 0 Å². The topological polar surface area (TPSA) is 35.8 Å². The van der Waals surface area contributed by atoms with Gasteiger partial charge in [0.2, 0.25) is 0 Å². The van der Waals surface area contributed by atoms with Gasteiger partial charge in [-0.3, -0.25) is 0 Å². The lowest BCUT2D eigenvalue weighted by Crippen LogP contribution is -1.94. The Balaban J connectivity index is 2.37. The van der Waals surface area contributed by atoms with E-state index in [0.717, 1.165) is 25.9 Å². The van der Waals surface area contributed by atoms with Crippen LogP contribution in [0.15, 0.2) is 45.3 Å². The van der Waals surface area contributed by atoms with E-state index in [0.29, 0.717) is 5.56 Å². The molecule has 0 heterocycles. The summed E-state index contributed by atoms with van der Waals surface area (Å²) in [5.74, 6) is 0. The number of nitrogens with one attached hydrogen (secondary N) is 1. The molecule has 0 fully saturated rings. The standard InChI is InChI=1S/C14H10Br2N2/c1-9-4-12(16)7-13(5-9)18-14-3-2-11(15)6-10(14)8-17/h2-7,18H,1H3. The fourth-order valence-corrected chi connectivity index (χ4v) is 2.65. The molecule has 0 bridgehead atoms. The lowest BCUT2D eigenvalue weighted by molar-refractivity contribution is 1.41. The van der Waals surface area contributed by atoms with Gasteiger partial charge in [-0.25, -0.2) is 0 Å². The predicted molar refractivity (Wildman–Crippen MR) is 81.0 cm³/mol. The summed E-state index contributed by atoms with van der Waals surface area (Å²) in [4.78, 5) is 0. The highest BCUT2D eigenvalue weighted by Crippen LogP contribution is 2.26. The van der Waals surface area contributed by atoms with Gasteiger partial charge in [-0.1, -0.05) is 31.9 Å². The maximum Gasteiger partial charge on any atom is 0.101 e. The molecule has 2 rings (SSSR count). The Morgan fingerprint density at radius 3 is 2.50 bits per heavy atom. The van der Waals surface area contributed by atoms with E-state index in [1.807, 2.05) is 37.3 Å². The molecule has 0 aromatic heterocycles. The zero-order chi connectivity index (χ0) is 13.1. The van der Waals surface area contributed by atoms with Crippen LogP contribution in [0, 0.1) is 18.3 Å². The molecule has 18 heavy (non-hydrogen) atoms. The summed E-state index contributed by atoms with van der Waals surface area (Å²) in [6.45, 7) is 2.03. The summed E-state index contributed by atoms with van der Waals surface area (Å²) >= 11 is 6.82. The number of hydrogen-bond donors (Lipinski definition) is 1. The van der Waals surface area contributed by atoms with Crippen LogP contribution < -0.4 is 5.32 Å². The van der Waals surface area contributed by atoms with Gasteiger partial charge in [0.15, 0.2) is 0 Å². The Morgan fingerprint density at radius 1 is 1.06 bits per heavy atom. The van der Waals surface area contributed by atoms with Crippen molar-refractivity contribution in [2.75, 3.05) is 5.32 Å². The van der Waals surface area contributed by atoms with Crippen LogP contribution in [0.1, 0.15) is 11.1 Å². The summed E-state index contributed by atoms with van der Waals surface area (Å²) < 4.78 is 1.91. The van der Waals surface area contributed by atoms with Crippen LogP contribution in [0.5, 0.6) is 0 Å². The predicted octanol–water partition coefficient (Wildman–Crippen LogP) is 5.14. The van der Waals surface area contributed by atoms with Crippen molar-refractivity contribution in [1.29, 1.82) is 5.26 Å². The van der Waals surface area contributed by atoms with E-state index in [-0.39, 0.29) is 0 Å². The molecule has 2 aromatic carbocycles. The molecule has 0 aliphatic carbocycles. The molecule has 0 spiro atoms. The zero-order valence-electron chi connectivity index (χ0n) is 9.67. The van der Waals surface area contributed by atoms with Gasteiger partial charge in [0, 0.05) is 14.6 Å². The van der Waals surface area contributed by atoms with Gasteiger partial charge in [0.25, 0.3) is 0 Å². The lowest BCUT2D eigenvalue weighted by Gasteiger charge is -2.10. The first-order chi connectivity index (χ1) is 8.58. The summed E-state index contributed by atoms with van der Waals surface area (Å²) in [6, 6.07) is 13.8. The van der Waals surface area contributed by atoms with Gasteiger partial charge in [0.05, 0.1) is 11.3 Å². The summed E-state index contributed by atoms with van der Waals surface area (Å²) in [7, 11) is 0. The molecular weight excluding hydrogens is 356 g/mol. The molecule has 4 heteroatoms. The fourth-order valence-electron chi connectivity index (χ4n) is 1.68. The van der Waals surface area contributed by atoms with Crippen LogP contribution in [0.2, 0.25) is 0 Å². The third-order valence-corrected chi connectivity index (χ3v) is 3.37. The van der Waals surface area contributed by atoms with Crippen LogP contribution in [0.4, 0.5) is 11.4 Å². The Morgan fingerprint density at radius 2 is 1.83 bits per heavy atom. The Labute approximate surface area is 123 Å². The van der Waals surface area contributed by atoms with E-state index >= 15 is 0 Å². The van der Waals surface area contributed by atoms with E-state index in [1.54, 1.807) is 6.07 Å². The molecule has 0 aliphatic rings. The van der Waals surface area contributed by atoms with Gasteiger partial charge in [-0.15, -0.1) is 0 Å². The van der Waals surface area contributed by atoms with Crippen LogP contribution in [-0.2, 0) is 0 Å². The maximum absolute atomic E-state index is 9.11. The Hall–Kier alpha value is -1.31. The number of hydrogen-bond acceptors (Lipinski definition) is 2. The highest BCUT2D eigenvalue weighted by molar-refractivity contribution is 9.10. The molecule has 0 radical (unpaired) electrons. The third kappa shape index (κ3) is 3.12. The third-order valence-electron chi connectivity index (χ3n) is 2.42. The number of aryl methyl sites for hydroxylation is 1. The molecule has 0 unspecified atom stereocenters. The molecule has 0 saturated heterocycles. The smallest absolute Gasteiger partial charge is 0.101 e. The van der Waals surface area contributed by atoms with Gasteiger partial charge in [-0.2, -0.15) is 5.26 Å². The second-order valence-electron chi connectivity index (χ2n) is 3.94. The Bertz CT molecular complexity index is 610. The normalized spacial score (nSPS) is 9.89. The second-order valence-corrected chi connectivity index (χ2v) is 5.78. The van der Waals surface area contributed by atoms with Gasteiger partial charge >= 0.3 is 0 Å². The summed E-state index contributed by atoms with van der Waals surface area (Å²) in [5.41, 5.74) is 3.53. The molecule has 0 atom stereocenters. The largest absolute Gasteiger partial charge is 0.354 e. The highest BCUT2D eigenvalue weighted by Gasteiger charge is 2.04. The van der Waals surface area contributed by atoms with Crippen molar-refractivity contribution in [3.8, 4) is 6.07 Å². The number of rotatable bonds is 2. The minimum absolute atomic E-state index is 0.613. The van der Waals surface area contributed by atoms with E-state index in [9.17, 15) is 0 Å². The molecule has 0 saturated carbocycles. The number of benzene rings is 2. The van der Waals surface area contributed by atoms with Crippen LogP contribution in [0.3, 0.4) is 0 Å². The molecular formula is C14H10Br2N2. The number of halogens is 2. The molecule has 1 N–H and O–H groups in total. The van der Waals surface area contributed by atoms with Crippen LogP contribution in [-0.4, -0.2) is 0 Å². The summed E-state index contributed by atoms with van der Waals surface area (Å²) in [6.07, 6.45) is 0. The van der Waals surface area contributed by atoms with Gasteiger partial charge < -0.3 is 5.32 Å². The molecule has 2 aromatic rings. The van der Waals surface area contributed by atoms with Crippen molar-refractivity contribution in [3.05, 3.63) is 56.5 Å². The second kappa shape index (κ2) is 5.55. The average molecular weight is 366 g/mol. The molecule has 90 valence electrons. The Kier molecular flexibility index (Phi) is 4.05. The maximum atomic E-state index is 9.11. The van der Waals surface area contributed by atoms with Gasteiger partial charge in [0.1, 0.15) is 6.07 Å². The average Bonchev–Trinajstić information content (AvgIpc) is 2.30. The molecule has 0 amide bonds. The van der Waals surface area contributed by atoms with Crippen molar-refractivity contribution in [2.24, 2.45) is 0 Å². The first-order valence-electron chi connectivity index (χ1n) is 5.32. The van der Waals surface area contributed by atoms with Crippen LogP contribution in [0.25, 0.3) is 0 Å². The van der Waals surface area contributed by atoms with Crippen LogP contribution >= 0.6 is 31.9 Å². The van der Waals surface area contributed by atoms with Crippen molar-refractivity contribution >= 4 is 43.2 Å². The van der Waals surface area contributed by atoms with E-state index < -0.39 is 0 Å². The lowest BCUT2D eigenvalue weighted by atomic mass is 10.1. The first-order valence-corrected chi connectivity index (χ1v) is 6.91. The number of nitrogens with zero attached hydrogens (tertiary/aromatic N) is 1. The zero-order valence-corrected chi connectivity index (χ0v) is 12.8. The monoisotopic (exact) mass is 364 g/mol. The number of anilines is 2. The minimum Gasteiger partial charge on any atom is -0.354 e. The van der Waals surface area contributed by atoms with E-state index in [4.69, 9.17) is 5.26 Å². The minimum atomic E-state index is 0.613. The molecule has 2 nitrogen and oxygen atoms in total. The van der Waals surface area contributed by atoms with Gasteiger partial charge in [-0.05, 0) is 48.9 Å². The molecule has 0 aliphatic heterocycles. The summed E-state index contributed by atoms with van der Waals surface area (Å²) in [5, 5.41) is 12.4. The highest BCUT2D eigenvalue weighted by atomic mass is 79.9.